The Balaban J connectivity index is 2.49. The molecule has 0 aliphatic rings. The molecule has 1 aromatic heterocycles. The SMILES string of the molecule is Cc1ccc(Br)cc1-c1[nH]ncc1CC(=O)O. The van der Waals surface area contributed by atoms with Gasteiger partial charge in [-0.25, -0.2) is 0 Å². The maximum atomic E-state index is 10.8. The quantitative estimate of drug-likeness (QED) is 0.915. The van der Waals surface area contributed by atoms with Crippen LogP contribution in [0.25, 0.3) is 11.3 Å². The number of aromatic amines is 1. The van der Waals surface area contributed by atoms with Crippen LogP contribution < -0.4 is 0 Å². The lowest BCUT2D eigenvalue weighted by atomic mass is 10.0. The molecular weight excluding hydrogens is 284 g/mol. The topological polar surface area (TPSA) is 66.0 Å². The molecular formula is C12H11BrN2O2. The molecule has 0 aliphatic carbocycles. The van der Waals surface area contributed by atoms with Crippen molar-refractivity contribution in [3.8, 4) is 11.3 Å². The summed E-state index contributed by atoms with van der Waals surface area (Å²) in [7, 11) is 0. The van der Waals surface area contributed by atoms with E-state index in [0.29, 0.717) is 5.56 Å². The zero-order chi connectivity index (χ0) is 12.4. The highest BCUT2D eigenvalue weighted by atomic mass is 79.9. The van der Waals surface area contributed by atoms with E-state index in [0.717, 1.165) is 21.3 Å². The van der Waals surface area contributed by atoms with Crippen molar-refractivity contribution in [3.05, 3.63) is 40.0 Å². The Morgan fingerprint density at radius 3 is 3.00 bits per heavy atom. The van der Waals surface area contributed by atoms with Gasteiger partial charge in [-0.2, -0.15) is 5.10 Å². The summed E-state index contributed by atoms with van der Waals surface area (Å²) >= 11 is 3.41. The van der Waals surface area contributed by atoms with E-state index in [9.17, 15) is 4.79 Å². The van der Waals surface area contributed by atoms with Gasteiger partial charge in [-0.3, -0.25) is 9.89 Å². The average Bonchev–Trinajstić information content (AvgIpc) is 2.69. The summed E-state index contributed by atoms with van der Waals surface area (Å²) in [5.41, 5.74) is 3.50. The number of hydrogen-bond donors (Lipinski definition) is 2. The highest BCUT2D eigenvalue weighted by molar-refractivity contribution is 9.10. The first-order valence-corrected chi connectivity index (χ1v) is 5.88. The summed E-state index contributed by atoms with van der Waals surface area (Å²) in [6, 6.07) is 5.88. The third kappa shape index (κ3) is 2.55. The molecule has 0 spiro atoms. The van der Waals surface area contributed by atoms with E-state index < -0.39 is 5.97 Å². The van der Waals surface area contributed by atoms with Gasteiger partial charge in [0.25, 0.3) is 0 Å². The number of H-pyrrole nitrogens is 1. The molecule has 0 saturated carbocycles. The minimum atomic E-state index is -0.861. The Bertz CT molecular complexity index is 563. The fourth-order valence-electron chi connectivity index (χ4n) is 1.70. The Hall–Kier alpha value is -1.62. The van der Waals surface area contributed by atoms with Gasteiger partial charge < -0.3 is 5.11 Å². The van der Waals surface area contributed by atoms with Crippen LogP contribution >= 0.6 is 15.9 Å². The standard InChI is InChI=1S/C12H11BrN2O2/c1-7-2-3-9(13)5-10(7)12-8(4-11(16)17)6-14-15-12/h2-3,5-6H,4H2,1H3,(H,14,15)(H,16,17). The van der Waals surface area contributed by atoms with E-state index in [1.165, 1.54) is 0 Å². The molecule has 1 aromatic carbocycles. The van der Waals surface area contributed by atoms with Crippen molar-refractivity contribution in [3.63, 3.8) is 0 Å². The van der Waals surface area contributed by atoms with Gasteiger partial charge in [0, 0.05) is 15.6 Å². The van der Waals surface area contributed by atoms with Gasteiger partial charge in [-0.05, 0) is 24.6 Å². The number of aliphatic carboxylic acids is 1. The van der Waals surface area contributed by atoms with Gasteiger partial charge >= 0.3 is 5.97 Å². The first-order valence-electron chi connectivity index (χ1n) is 5.08. The molecule has 0 radical (unpaired) electrons. The molecule has 0 fully saturated rings. The minimum absolute atomic E-state index is 0.0300. The number of nitrogens with zero attached hydrogens (tertiary/aromatic N) is 1. The molecule has 1 heterocycles. The number of carboxylic acids is 1. The molecule has 88 valence electrons. The maximum Gasteiger partial charge on any atom is 0.307 e. The van der Waals surface area contributed by atoms with Crippen molar-refractivity contribution in [2.75, 3.05) is 0 Å². The van der Waals surface area contributed by atoms with E-state index in [1.54, 1.807) is 6.20 Å². The molecule has 2 N–H and O–H groups in total. The maximum absolute atomic E-state index is 10.8. The Morgan fingerprint density at radius 2 is 2.29 bits per heavy atom. The van der Waals surface area contributed by atoms with Crippen LogP contribution in [0.15, 0.2) is 28.9 Å². The predicted octanol–water partition coefficient (Wildman–Crippen LogP) is 2.77. The summed E-state index contributed by atoms with van der Waals surface area (Å²) in [4.78, 5) is 10.8. The fourth-order valence-corrected chi connectivity index (χ4v) is 2.07. The van der Waals surface area contributed by atoms with Crippen LogP contribution in [0.3, 0.4) is 0 Å². The highest BCUT2D eigenvalue weighted by Gasteiger charge is 2.12. The summed E-state index contributed by atoms with van der Waals surface area (Å²) in [5.74, 6) is -0.861. The van der Waals surface area contributed by atoms with E-state index in [-0.39, 0.29) is 6.42 Å². The lowest BCUT2D eigenvalue weighted by Crippen LogP contribution is -2.00. The Labute approximate surface area is 107 Å². The van der Waals surface area contributed by atoms with Crippen LogP contribution in [-0.2, 0) is 11.2 Å². The Kier molecular flexibility index (Phi) is 3.28. The predicted molar refractivity (Wildman–Crippen MR) is 67.8 cm³/mol. The van der Waals surface area contributed by atoms with E-state index >= 15 is 0 Å². The van der Waals surface area contributed by atoms with Gasteiger partial charge in [0.05, 0.1) is 18.3 Å². The van der Waals surface area contributed by atoms with E-state index in [2.05, 4.69) is 26.1 Å². The van der Waals surface area contributed by atoms with Crippen molar-refractivity contribution in [1.82, 2.24) is 10.2 Å². The second-order valence-corrected chi connectivity index (χ2v) is 4.72. The third-order valence-corrected chi connectivity index (χ3v) is 3.02. The van der Waals surface area contributed by atoms with Crippen LogP contribution in [0.5, 0.6) is 0 Å². The van der Waals surface area contributed by atoms with Gasteiger partial charge in [-0.1, -0.05) is 22.0 Å². The molecule has 0 unspecified atom stereocenters. The lowest BCUT2D eigenvalue weighted by Gasteiger charge is -2.06. The first kappa shape index (κ1) is 11.9. The molecule has 2 aromatic rings. The van der Waals surface area contributed by atoms with E-state index in [4.69, 9.17) is 5.11 Å². The smallest absolute Gasteiger partial charge is 0.307 e. The van der Waals surface area contributed by atoms with Gasteiger partial charge in [0.15, 0.2) is 0 Å². The fraction of sp³-hybridized carbons (Fsp3) is 0.167. The average molecular weight is 295 g/mol. The number of carbonyl (C=O) groups is 1. The number of rotatable bonds is 3. The van der Waals surface area contributed by atoms with Crippen molar-refractivity contribution in [1.29, 1.82) is 0 Å². The van der Waals surface area contributed by atoms with E-state index in [1.807, 2.05) is 25.1 Å². The number of carboxylic acid groups (broad SMARTS) is 1. The number of hydrogen-bond acceptors (Lipinski definition) is 2. The molecule has 2 rings (SSSR count). The second kappa shape index (κ2) is 4.71. The van der Waals surface area contributed by atoms with Crippen LogP contribution in [0.2, 0.25) is 0 Å². The van der Waals surface area contributed by atoms with Gasteiger partial charge in [0.2, 0.25) is 0 Å². The normalized spacial score (nSPS) is 10.5. The largest absolute Gasteiger partial charge is 0.481 e. The van der Waals surface area contributed by atoms with Gasteiger partial charge in [-0.15, -0.1) is 0 Å². The molecule has 0 saturated heterocycles. The van der Waals surface area contributed by atoms with Crippen LogP contribution in [0.1, 0.15) is 11.1 Å². The highest BCUT2D eigenvalue weighted by Crippen LogP contribution is 2.27. The van der Waals surface area contributed by atoms with Crippen molar-refractivity contribution in [2.45, 2.75) is 13.3 Å². The lowest BCUT2D eigenvalue weighted by molar-refractivity contribution is -0.136. The molecule has 0 atom stereocenters. The molecule has 0 aliphatic heterocycles. The molecule has 4 nitrogen and oxygen atoms in total. The molecule has 17 heavy (non-hydrogen) atoms. The summed E-state index contributed by atoms with van der Waals surface area (Å²) < 4.78 is 0.953. The summed E-state index contributed by atoms with van der Waals surface area (Å²) in [6.45, 7) is 1.98. The number of aromatic nitrogens is 2. The zero-order valence-corrected chi connectivity index (χ0v) is 10.8. The van der Waals surface area contributed by atoms with Crippen molar-refractivity contribution >= 4 is 21.9 Å². The monoisotopic (exact) mass is 294 g/mol. The number of benzene rings is 1. The first-order chi connectivity index (χ1) is 8.08. The van der Waals surface area contributed by atoms with Crippen molar-refractivity contribution in [2.24, 2.45) is 0 Å². The second-order valence-electron chi connectivity index (χ2n) is 3.80. The van der Waals surface area contributed by atoms with Crippen LogP contribution in [-0.4, -0.2) is 21.3 Å². The van der Waals surface area contributed by atoms with Crippen LogP contribution in [0.4, 0.5) is 0 Å². The molecule has 0 amide bonds. The minimum Gasteiger partial charge on any atom is -0.481 e. The van der Waals surface area contributed by atoms with Gasteiger partial charge in [0.1, 0.15) is 0 Å². The summed E-state index contributed by atoms with van der Waals surface area (Å²) in [6.07, 6.45) is 1.53. The Morgan fingerprint density at radius 1 is 1.53 bits per heavy atom. The summed E-state index contributed by atoms with van der Waals surface area (Å²) in [5, 5.41) is 15.6. The molecule has 5 heteroatoms. The number of nitrogens with one attached hydrogen (secondary N) is 1. The van der Waals surface area contributed by atoms with Crippen molar-refractivity contribution < 1.29 is 9.90 Å². The molecule has 0 bridgehead atoms. The number of aryl methyl sites for hydroxylation is 1. The number of halogens is 1. The zero-order valence-electron chi connectivity index (χ0n) is 9.20. The van der Waals surface area contributed by atoms with Crippen LogP contribution in [0, 0.1) is 6.92 Å². The third-order valence-electron chi connectivity index (χ3n) is 2.53.